The Morgan fingerprint density at radius 3 is 2.62 bits per heavy atom. The number of nitriles is 1. The molecule has 106 valence electrons. The number of hydrogen-bond donors (Lipinski definition) is 1. The van der Waals surface area contributed by atoms with Crippen LogP contribution < -0.4 is 5.73 Å². The van der Waals surface area contributed by atoms with Gasteiger partial charge in [0.1, 0.15) is 18.2 Å². The Labute approximate surface area is 130 Å². The maximum Gasteiger partial charge on any atom is 0.339 e. The molecule has 3 rings (SSSR count). The van der Waals surface area contributed by atoms with E-state index in [9.17, 15) is 10.1 Å². The highest BCUT2D eigenvalue weighted by atomic mass is 35.5. The number of carbonyl (C=O) groups is 1. The van der Waals surface area contributed by atoms with Crippen molar-refractivity contribution in [3.8, 4) is 6.07 Å². The SMILES string of the molecule is N#CC1=C(N)OC2=C(C(=O)OC2)C1c1c(Cl)cccc1Cl. The number of hydrogen-bond acceptors (Lipinski definition) is 5. The van der Waals surface area contributed by atoms with Crippen LogP contribution in [-0.4, -0.2) is 12.6 Å². The molecule has 2 N–H and O–H groups in total. The fourth-order valence-electron chi connectivity index (χ4n) is 2.43. The van der Waals surface area contributed by atoms with Crippen molar-refractivity contribution in [2.75, 3.05) is 6.61 Å². The van der Waals surface area contributed by atoms with Crippen molar-refractivity contribution in [1.82, 2.24) is 0 Å². The zero-order valence-corrected chi connectivity index (χ0v) is 12.0. The van der Waals surface area contributed by atoms with Crippen LogP contribution in [0.4, 0.5) is 0 Å². The van der Waals surface area contributed by atoms with Crippen LogP contribution in [-0.2, 0) is 14.3 Å². The Bertz CT molecular complexity index is 742. The lowest BCUT2D eigenvalue weighted by Crippen LogP contribution is -2.22. The van der Waals surface area contributed by atoms with E-state index in [1.807, 2.05) is 6.07 Å². The molecule has 2 heterocycles. The van der Waals surface area contributed by atoms with Gasteiger partial charge in [0.05, 0.1) is 11.5 Å². The molecule has 2 aliphatic heterocycles. The minimum absolute atomic E-state index is 0.0217. The van der Waals surface area contributed by atoms with Crippen LogP contribution in [0.1, 0.15) is 11.5 Å². The summed E-state index contributed by atoms with van der Waals surface area (Å²) in [6, 6.07) is 6.89. The number of nitrogens with two attached hydrogens (primary N) is 1. The Kier molecular flexibility index (Phi) is 3.28. The van der Waals surface area contributed by atoms with Gasteiger partial charge in [-0.05, 0) is 12.1 Å². The van der Waals surface area contributed by atoms with E-state index < -0.39 is 11.9 Å². The van der Waals surface area contributed by atoms with Gasteiger partial charge in [-0.25, -0.2) is 4.79 Å². The Morgan fingerprint density at radius 1 is 1.33 bits per heavy atom. The normalized spacial score (nSPS) is 20.8. The standard InChI is InChI=1S/C14H8Cl2N2O3/c15-7-2-1-3-8(16)11(7)10-6(4-17)13(18)21-9-5-20-14(19)12(9)10/h1-3,10H,5,18H2. The molecule has 0 aliphatic carbocycles. The smallest absolute Gasteiger partial charge is 0.339 e. The van der Waals surface area contributed by atoms with Gasteiger partial charge in [0, 0.05) is 15.6 Å². The van der Waals surface area contributed by atoms with Crippen LogP contribution in [0.5, 0.6) is 0 Å². The van der Waals surface area contributed by atoms with E-state index in [-0.39, 0.29) is 29.4 Å². The molecule has 0 spiro atoms. The zero-order valence-electron chi connectivity index (χ0n) is 10.5. The fourth-order valence-corrected chi connectivity index (χ4v) is 3.05. The number of halogens is 2. The third-order valence-electron chi connectivity index (χ3n) is 3.34. The monoisotopic (exact) mass is 322 g/mol. The first-order valence-electron chi connectivity index (χ1n) is 5.96. The first-order chi connectivity index (χ1) is 10.0. The predicted molar refractivity (Wildman–Crippen MR) is 75.1 cm³/mol. The number of cyclic esters (lactones) is 1. The van der Waals surface area contributed by atoms with E-state index in [0.717, 1.165) is 0 Å². The molecule has 0 saturated heterocycles. The van der Waals surface area contributed by atoms with Gasteiger partial charge < -0.3 is 15.2 Å². The van der Waals surface area contributed by atoms with Crippen molar-refractivity contribution in [1.29, 1.82) is 5.26 Å². The van der Waals surface area contributed by atoms with E-state index in [0.29, 0.717) is 15.6 Å². The summed E-state index contributed by atoms with van der Waals surface area (Å²) in [5.41, 5.74) is 6.51. The van der Waals surface area contributed by atoms with E-state index in [1.165, 1.54) is 0 Å². The highest BCUT2D eigenvalue weighted by Crippen LogP contribution is 2.46. The van der Waals surface area contributed by atoms with Gasteiger partial charge >= 0.3 is 5.97 Å². The highest BCUT2D eigenvalue weighted by Gasteiger charge is 2.42. The first-order valence-corrected chi connectivity index (χ1v) is 6.71. The Morgan fingerprint density at radius 2 is 2.00 bits per heavy atom. The Hall–Kier alpha value is -2.16. The van der Waals surface area contributed by atoms with E-state index in [4.69, 9.17) is 38.4 Å². The second-order valence-corrected chi connectivity index (χ2v) is 5.29. The van der Waals surface area contributed by atoms with E-state index >= 15 is 0 Å². The predicted octanol–water partition coefficient (Wildman–Crippen LogP) is 2.61. The summed E-state index contributed by atoms with van der Waals surface area (Å²) in [5, 5.41) is 10.0. The molecule has 21 heavy (non-hydrogen) atoms. The van der Waals surface area contributed by atoms with Gasteiger partial charge in [-0.3, -0.25) is 0 Å². The average Bonchev–Trinajstić information content (AvgIpc) is 2.79. The lowest BCUT2D eigenvalue weighted by Gasteiger charge is -2.24. The Balaban J connectivity index is 2.27. The molecule has 7 heteroatoms. The summed E-state index contributed by atoms with van der Waals surface area (Å²) in [6.07, 6.45) is 0. The summed E-state index contributed by atoms with van der Waals surface area (Å²) in [4.78, 5) is 12.0. The number of benzene rings is 1. The van der Waals surface area contributed by atoms with Gasteiger partial charge in [-0.2, -0.15) is 5.26 Å². The molecular weight excluding hydrogens is 315 g/mol. The largest absolute Gasteiger partial charge is 0.454 e. The highest BCUT2D eigenvalue weighted by molar-refractivity contribution is 6.36. The summed E-state index contributed by atoms with van der Waals surface area (Å²) < 4.78 is 10.3. The van der Waals surface area contributed by atoms with Crippen LogP contribution in [0.15, 0.2) is 41.0 Å². The van der Waals surface area contributed by atoms with Gasteiger partial charge in [-0.15, -0.1) is 0 Å². The second-order valence-electron chi connectivity index (χ2n) is 4.47. The van der Waals surface area contributed by atoms with Crippen LogP contribution in [0.25, 0.3) is 0 Å². The third kappa shape index (κ3) is 2.04. The van der Waals surface area contributed by atoms with Crippen LogP contribution in [0.3, 0.4) is 0 Å². The van der Waals surface area contributed by atoms with Crippen LogP contribution in [0, 0.1) is 11.3 Å². The average molecular weight is 323 g/mol. The second kappa shape index (κ2) is 4.99. The van der Waals surface area contributed by atoms with Gasteiger partial charge in [0.15, 0.2) is 5.76 Å². The number of carbonyl (C=O) groups excluding carboxylic acids is 1. The molecule has 1 atom stereocenters. The molecule has 5 nitrogen and oxygen atoms in total. The molecule has 2 aliphatic rings. The van der Waals surface area contributed by atoms with E-state index in [2.05, 4.69) is 0 Å². The molecule has 0 aromatic heterocycles. The van der Waals surface area contributed by atoms with Crippen molar-refractivity contribution in [2.45, 2.75) is 5.92 Å². The molecule has 1 unspecified atom stereocenters. The summed E-state index contributed by atoms with van der Waals surface area (Å²) in [6.45, 7) is -0.0217. The van der Waals surface area contributed by atoms with Crippen molar-refractivity contribution in [3.05, 3.63) is 56.6 Å². The molecular formula is C14H8Cl2N2O3. The quantitative estimate of drug-likeness (QED) is 0.803. The molecule has 0 radical (unpaired) electrons. The topological polar surface area (TPSA) is 85.3 Å². The number of allylic oxidation sites excluding steroid dienone is 1. The number of ether oxygens (including phenoxy) is 2. The number of esters is 1. The lowest BCUT2D eigenvalue weighted by atomic mass is 9.83. The molecule has 0 bridgehead atoms. The first kappa shape index (κ1) is 13.8. The minimum Gasteiger partial charge on any atom is -0.454 e. The molecule has 1 aromatic carbocycles. The molecule has 1 aromatic rings. The van der Waals surface area contributed by atoms with Crippen LogP contribution >= 0.6 is 23.2 Å². The van der Waals surface area contributed by atoms with Crippen molar-refractivity contribution < 1.29 is 14.3 Å². The molecule has 0 amide bonds. The molecule has 0 saturated carbocycles. The van der Waals surface area contributed by atoms with Crippen LogP contribution in [0.2, 0.25) is 10.0 Å². The summed E-state index contributed by atoms with van der Waals surface area (Å²) >= 11 is 12.4. The third-order valence-corrected chi connectivity index (χ3v) is 4.00. The van der Waals surface area contributed by atoms with Gasteiger partial charge in [0.2, 0.25) is 5.88 Å². The summed E-state index contributed by atoms with van der Waals surface area (Å²) in [7, 11) is 0. The van der Waals surface area contributed by atoms with Crippen molar-refractivity contribution in [3.63, 3.8) is 0 Å². The maximum absolute atomic E-state index is 12.0. The maximum atomic E-state index is 12.0. The minimum atomic E-state index is -0.782. The molecule has 0 fully saturated rings. The summed E-state index contributed by atoms with van der Waals surface area (Å²) in [5.74, 6) is -1.13. The van der Waals surface area contributed by atoms with E-state index in [1.54, 1.807) is 18.2 Å². The van der Waals surface area contributed by atoms with Gasteiger partial charge in [0.25, 0.3) is 0 Å². The van der Waals surface area contributed by atoms with Crippen molar-refractivity contribution in [2.24, 2.45) is 5.73 Å². The number of rotatable bonds is 1. The zero-order chi connectivity index (χ0) is 15.1. The number of nitrogens with zero attached hydrogens (tertiary/aromatic N) is 1. The van der Waals surface area contributed by atoms with Gasteiger partial charge in [-0.1, -0.05) is 29.3 Å². The van der Waals surface area contributed by atoms with Crippen molar-refractivity contribution >= 4 is 29.2 Å². The lowest BCUT2D eigenvalue weighted by molar-refractivity contribution is -0.136. The fraction of sp³-hybridized carbons (Fsp3) is 0.143.